The average molecular weight is 123 g/mol. The Bertz CT molecular complexity index is 136. The predicted molar refractivity (Wildman–Crippen MR) is 25.7 cm³/mol. The van der Waals surface area contributed by atoms with Crippen molar-refractivity contribution in [3.63, 3.8) is 0 Å². The second-order valence-corrected chi connectivity index (χ2v) is 2.97. The molecule has 0 aliphatic rings. The van der Waals surface area contributed by atoms with Crippen molar-refractivity contribution in [2.75, 3.05) is 14.1 Å². The third-order valence-electron chi connectivity index (χ3n) is 0.481. The van der Waals surface area contributed by atoms with Crippen LogP contribution >= 0.6 is 0 Å². The van der Waals surface area contributed by atoms with Crippen LogP contribution in [0.15, 0.2) is 0 Å². The molecular formula is C2H7N2O2S. The minimum absolute atomic E-state index is 0.826. The minimum Gasteiger partial charge on any atom is -0.194 e. The lowest BCUT2D eigenvalue weighted by molar-refractivity contribution is 0.520. The van der Waals surface area contributed by atoms with Crippen LogP contribution in [0, 0.1) is 0 Å². The SMILES string of the molecule is CN(C)S([NH])(=O)=O. The molecule has 0 spiro atoms. The topological polar surface area (TPSA) is 61.2 Å². The molecule has 1 radical (unpaired) electrons. The van der Waals surface area contributed by atoms with Crippen LogP contribution in [0.25, 0.3) is 0 Å². The fraction of sp³-hybridized carbons (Fsp3) is 1.00. The fourth-order valence-electron chi connectivity index (χ4n) is 0. The van der Waals surface area contributed by atoms with Crippen molar-refractivity contribution in [1.82, 2.24) is 9.44 Å². The molecule has 0 aliphatic carbocycles. The standard InChI is InChI=1S/C2H7N2O2S/c1-4(2)7(3,5)6/h3H,1-2H3. The second-order valence-electron chi connectivity index (χ2n) is 1.29. The highest BCUT2D eigenvalue weighted by molar-refractivity contribution is 7.86. The maximum atomic E-state index is 9.92. The molecule has 0 aromatic heterocycles. The summed E-state index contributed by atoms with van der Waals surface area (Å²) >= 11 is 0. The number of hydrogen-bond acceptors (Lipinski definition) is 2. The molecular weight excluding hydrogens is 116 g/mol. The van der Waals surface area contributed by atoms with Crippen molar-refractivity contribution >= 4 is 10.2 Å². The first kappa shape index (κ1) is 6.87. The molecule has 0 bridgehead atoms. The van der Waals surface area contributed by atoms with E-state index in [9.17, 15) is 8.42 Å². The summed E-state index contributed by atoms with van der Waals surface area (Å²) in [6.45, 7) is 0. The van der Waals surface area contributed by atoms with Crippen LogP contribution in [0.4, 0.5) is 0 Å². The predicted octanol–water partition coefficient (Wildman–Crippen LogP) is -0.924. The zero-order chi connectivity index (χ0) is 6.08. The zero-order valence-corrected chi connectivity index (χ0v) is 4.99. The minimum atomic E-state index is -3.66. The number of nitrogens with zero attached hydrogens (tertiary/aromatic N) is 1. The van der Waals surface area contributed by atoms with E-state index in [0.717, 1.165) is 4.31 Å². The molecule has 0 aromatic carbocycles. The summed E-state index contributed by atoms with van der Waals surface area (Å²) < 4.78 is 20.7. The lowest BCUT2D eigenvalue weighted by Gasteiger charge is -2.01. The first-order valence-electron chi connectivity index (χ1n) is 1.61. The second kappa shape index (κ2) is 1.77. The molecule has 0 fully saturated rings. The van der Waals surface area contributed by atoms with Gasteiger partial charge in [-0.3, -0.25) is 0 Å². The zero-order valence-electron chi connectivity index (χ0n) is 4.17. The van der Waals surface area contributed by atoms with Gasteiger partial charge < -0.3 is 0 Å². The summed E-state index contributed by atoms with van der Waals surface area (Å²) in [6.07, 6.45) is 0. The summed E-state index contributed by atoms with van der Waals surface area (Å²) in [5, 5.41) is 6.28. The van der Waals surface area contributed by atoms with E-state index in [1.54, 1.807) is 0 Å². The van der Waals surface area contributed by atoms with Gasteiger partial charge in [-0.2, -0.15) is 12.7 Å². The van der Waals surface area contributed by atoms with E-state index < -0.39 is 10.2 Å². The van der Waals surface area contributed by atoms with E-state index in [2.05, 4.69) is 0 Å². The van der Waals surface area contributed by atoms with Gasteiger partial charge in [-0.1, -0.05) is 0 Å². The highest BCUT2D eigenvalue weighted by Crippen LogP contribution is 1.80. The van der Waals surface area contributed by atoms with E-state index >= 15 is 0 Å². The summed E-state index contributed by atoms with van der Waals surface area (Å²) in [7, 11) is -1.04. The van der Waals surface area contributed by atoms with Crippen molar-refractivity contribution in [1.29, 1.82) is 0 Å². The van der Waals surface area contributed by atoms with E-state index in [0.29, 0.717) is 0 Å². The quantitative estimate of drug-likeness (QED) is 0.452. The van der Waals surface area contributed by atoms with Crippen LogP contribution in [0.2, 0.25) is 0 Å². The van der Waals surface area contributed by atoms with Crippen LogP contribution < -0.4 is 5.14 Å². The van der Waals surface area contributed by atoms with Gasteiger partial charge in [-0.05, 0) is 0 Å². The smallest absolute Gasteiger partial charge is 0.194 e. The van der Waals surface area contributed by atoms with Gasteiger partial charge in [0.05, 0.1) is 0 Å². The third kappa shape index (κ3) is 2.55. The summed E-state index contributed by atoms with van der Waals surface area (Å²) in [4.78, 5) is 0. The lowest BCUT2D eigenvalue weighted by atomic mass is 11.3. The summed E-state index contributed by atoms with van der Waals surface area (Å²) in [5.74, 6) is 0. The van der Waals surface area contributed by atoms with Gasteiger partial charge in [-0.25, -0.2) is 0 Å². The Balaban J connectivity index is 4.10. The Morgan fingerprint density at radius 1 is 1.43 bits per heavy atom. The van der Waals surface area contributed by atoms with E-state index in [-0.39, 0.29) is 0 Å². The molecule has 5 heteroatoms. The highest BCUT2D eigenvalue weighted by Gasteiger charge is 2.03. The molecule has 43 valence electrons. The molecule has 1 N–H and O–H groups in total. The molecule has 7 heavy (non-hydrogen) atoms. The van der Waals surface area contributed by atoms with Crippen molar-refractivity contribution < 1.29 is 8.42 Å². The van der Waals surface area contributed by atoms with Gasteiger partial charge >= 0.3 is 0 Å². The molecule has 0 saturated carbocycles. The van der Waals surface area contributed by atoms with Gasteiger partial charge in [-0.15, -0.1) is 5.14 Å². The number of nitrogens with one attached hydrogen (secondary N) is 1. The van der Waals surface area contributed by atoms with Crippen molar-refractivity contribution in [2.45, 2.75) is 0 Å². The van der Waals surface area contributed by atoms with E-state index in [4.69, 9.17) is 5.14 Å². The van der Waals surface area contributed by atoms with Gasteiger partial charge in [0, 0.05) is 14.1 Å². The highest BCUT2D eigenvalue weighted by atomic mass is 32.2. The van der Waals surface area contributed by atoms with Gasteiger partial charge in [0.2, 0.25) is 0 Å². The number of rotatable bonds is 1. The first-order chi connectivity index (χ1) is 2.94. The Morgan fingerprint density at radius 2 is 1.57 bits per heavy atom. The molecule has 0 heterocycles. The van der Waals surface area contributed by atoms with Gasteiger partial charge in [0.25, 0.3) is 10.2 Å². The fourth-order valence-corrected chi connectivity index (χ4v) is 0. The molecule has 0 atom stereocenters. The van der Waals surface area contributed by atoms with Gasteiger partial charge in [0.15, 0.2) is 0 Å². The normalized spacial score (nSPS) is 12.6. The molecule has 0 amide bonds. The molecule has 0 saturated heterocycles. The van der Waals surface area contributed by atoms with E-state index in [1.165, 1.54) is 14.1 Å². The van der Waals surface area contributed by atoms with Crippen molar-refractivity contribution in [2.24, 2.45) is 0 Å². The summed E-state index contributed by atoms with van der Waals surface area (Å²) in [6, 6.07) is 0. The van der Waals surface area contributed by atoms with Crippen LogP contribution in [-0.4, -0.2) is 26.8 Å². The molecule has 4 nitrogen and oxygen atoms in total. The van der Waals surface area contributed by atoms with Gasteiger partial charge in [0.1, 0.15) is 0 Å². The van der Waals surface area contributed by atoms with Crippen molar-refractivity contribution in [3.05, 3.63) is 0 Å². The average Bonchev–Trinajstić information content (AvgIpc) is 1.31. The Labute approximate surface area is 43.1 Å². The number of hydrogen-bond donors (Lipinski definition) is 0. The largest absolute Gasteiger partial charge is 0.292 e. The van der Waals surface area contributed by atoms with Crippen LogP contribution in [0.5, 0.6) is 0 Å². The van der Waals surface area contributed by atoms with Crippen molar-refractivity contribution in [3.8, 4) is 0 Å². The summed E-state index contributed by atoms with van der Waals surface area (Å²) in [5.41, 5.74) is 0. The van der Waals surface area contributed by atoms with E-state index in [1.807, 2.05) is 0 Å². The molecule has 0 unspecified atom stereocenters. The van der Waals surface area contributed by atoms with Crippen LogP contribution in [0.1, 0.15) is 0 Å². The molecule has 0 aromatic rings. The Morgan fingerprint density at radius 3 is 1.57 bits per heavy atom. The Kier molecular flexibility index (Phi) is 1.74. The maximum absolute atomic E-state index is 9.92. The monoisotopic (exact) mass is 123 g/mol. The molecule has 0 rings (SSSR count). The molecule has 0 aliphatic heterocycles. The third-order valence-corrected chi connectivity index (χ3v) is 1.44. The Hall–Kier alpha value is -0.130. The lowest BCUT2D eigenvalue weighted by Crippen LogP contribution is -2.22. The van der Waals surface area contributed by atoms with Crippen LogP contribution in [0.3, 0.4) is 0 Å². The van der Waals surface area contributed by atoms with Crippen LogP contribution in [-0.2, 0) is 10.2 Å². The first-order valence-corrected chi connectivity index (χ1v) is 3.05. The maximum Gasteiger partial charge on any atom is 0.292 e.